The molecule has 0 bridgehead atoms. The van der Waals surface area contributed by atoms with Gasteiger partial charge in [-0.2, -0.15) is 23.0 Å². The number of hydrogen-bond acceptors (Lipinski definition) is 5. The van der Waals surface area contributed by atoms with Gasteiger partial charge in [-0.1, -0.05) is 13.8 Å². The van der Waals surface area contributed by atoms with Gasteiger partial charge in [-0.05, 0) is 25.0 Å². The quantitative estimate of drug-likeness (QED) is 0.773. The molecular formula is C15H18F3N3O3S. The van der Waals surface area contributed by atoms with Gasteiger partial charge in [-0.25, -0.2) is 13.4 Å². The Hall–Kier alpha value is -2.10. The Morgan fingerprint density at radius 1 is 1.24 bits per heavy atom. The van der Waals surface area contributed by atoms with Gasteiger partial charge in [0.15, 0.2) is 21.3 Å². The Balaban J connectivity index is 2.49. The minimum absolute atomic E-state index is 0.0313. The smallest absolute Gasteiger partial charge is 0.435 e. The average molecular weight is 377 g/mol. The van der Waals surface area contributed by atoms with Crippen LogP contribution in [0.25, 0.3) is 5.82 Å². The van der Waals surface area contributed by atoms with Gasteiger partial charge in [0, 0.05) is 18.5 Å². The Morgan fingerprint density at radius 3 is 2.32 bits per heavy atom. The van der Waals surface area contributed by atoms with Crippen LogP contribution in [0.1, 0.15) is 32.4 Å². The summed E-state index contributed by atoms with van der Waals surface area (Å²) in [6.07, 6.45) is -1.59. The highest BCUT2D eigenvalue weighted by atomic mass is 32.2. The maximum atomic E-state index is 13.0. The third-order valence-corrected chi connectivity index (χ3v) is 4.63. The zero-order chi connectivity index (χ0) is 18.8. The lowest BCUT2D eigenvalue weighted by Gasteiger charge is -2.16. The number of halogens is 3. The van der Waals surface area contributed by atoms with Gasteiger partial charge in [0.05, 0.1) is 11.0 Å². The van der Waals surface area contributed by atoms with Gasteiger partial charge in [0.1, 0.15) is 0 Å². The van der Waals surface area contributed by atoms with Crippen molar-refractivity contribution in [2.45, 2.75) is 43.9 Å². The number of rotatable bonds is 6. The van der Waals surface area contributed by atoms with Crippen LogP contribution >= 0.6 is 0 Å². The highest BCUT2D eigenvalue weighted by Gasteiger charge is 2.36. The fourth-order valence-corrected chi connectivity index (χ4v) is 2.65. The summed E-state index contributed by atoms with van der Waals surface area (Å²) >= 11 is 0. The van der Waals surface area contributed by atoms with Crippen molar-refractivity contribution in [2.24, 2.45) is 0 Å². The van der Waals surface area contributed by atoms with E-state index in [1.165, 1.54) is 12.1 Å². The zero-order valence-electron chi connectivity index (χ0n) is 13.9. The third kappa shape index (κ3) is 4.50. The number of aromatic nitrogens is 3. The number of alkyl halides is 3. The SMILES string of the molecule is CCC(CC)Oc1cc(C(F)(F)F)nn1-c1ccc(S(C)(=O)=O)cn1. The summed E-state index contributed by atoms with van der Waals surface area (Å²) in [5, 5.41) is 3.52. The van der Waals surface area contributed by atoms with E-state index in [4.69, 9.17) is 4.74 Å². The first-order valence-corrected chi connectivity index (χ1v) is 9.45. The summed E-state index contributed by atoms with van der Waals surface area (Å²) in [4.78, 5) is 3.86. The first kappa shape index (κ1) is 19.2. The van der Waals surface area contributed by atoms with Crippen LogP contribution in [0.2, 0.25) is 0 Å². The van der Waals surface area contributed by atoms with Gasteiger partial charge in [0.25, 0.3) is 0 Å². The molecule has 6 nitrogen and oxygen atoms in total. The van der Waals surface area contributed by atoms with Crippen LogP contribution in [0, 0.1) is 0 Å². The normalized spacial score (nSPS) is 12.6. The highest BCUT2D eigenvalue weighted by molar-refractivity contribution is 7.90. The van der Waals surface area contributed by atoms with Gasteiger partial charge in [-0.15, -0.1) is 0 Å². The van der Waals surface area contributed by atoms with Crippen molar-refractivity contribution in [3.63, 3.8) is 0 Å². The molecule has 0 aliphatic carbocycles. The lowest BCUT2D eigenvalue weighted by Crippen LogP contribution is -2.16. The Morgan fingerprint density at radius 2 is 1.88 bits per heavy atom. The Kier molecular flexibility index (Phi) is 5.40. The molecule has 2 rings (SSSR count). The molecule has 0 saturated heterocycles. The van der Waals surface area contributed by atoms with Crippen molar-refractivity contribution in [3.05, 3.63) is 30.1 Å². The van der Waals surface area contributed by atoms with Gasteiger partial charge >= 0.3 is 6.18 Å². The molecule has 0 aromatic carbocycles. The molecule has 0 aliphatic heterocycles. The molecule has 2 aromatic rings. The van der Waals surface area contributed by atoms with E-state index >= 15 is 0 Å². The molecule has 0 spiro atoms. The second-order valence-electron chi connectivity index (χ2n) is 5.46. The van der Waals surface area contributed by atoms with E-state index in [2.05, 4.69) is 10.1 Å². The van der Waals surface area contributed by atoms with Crippen molar-refractivity contribution in [1.29, 1.82) is 0 Å². The molecule has 0 radical (unpaired) electrons. The molecule has 2 aromatic heterocycles. The van der Waals surface area contributed by atoms with E-state index in [1.54, 1.807) is 0 Å². The van der Waals surface area contributed by atoms with Crippen molar-refractivity contribution >= 4 is 9.84 Å². The molecule has 138 valence electrons. The van der Waals surface area contributed by atoms with Gasteiger partial charge < -0.3 is 4.74 Å². The van der Waals surface area contributed by atoms with Crippen LogP contribution in [-0.4, -0.2) is 35.5 Å². The fraction of sp³-hybridized carbons (Fsp3) is 0.467. The van der Waals surface area contributed by atoms with E-state index < -0.39 is 21.7 Å². The molecule has 0 saturated carbocycles. The number of hydrogen-bond donors (Lipinski definition) is 0. The predicted octanol–water partition coefficient (Wildman–Crippen LogP) is 3.26. The maximum absolute atomic E-state index is 13.0. The first-order chi connectivity index (χ1) is 11.6. The largest absolute Gasteiger partial charge is 0.474 e. The van der Waals surface area contributed by atoms with E-state index in [0.29, 0.717) is 12.8 Å². The fourth-order valence-electron chi connectivity index (χ4n) is 2.09. The molecule has 0 fully saturated rings. The second-order valence-corrected chi connectivity index (χ2v) is 7.47. The van der Waals surface area contributed by atoms with E-state index in [9.17, 15) is 21.6 Å². The number of pyridine rings is 1. The van der Waals surface area contributed by atoms with Crippen LogP contribution in [-0.2, 0) is 16.0 Å². The average Bonchev–Trinajstić information content (AvgIpc) is 2.96. The number of nitrogens with zero attached hydrogens (tertiary/aromatic N) is 3. The topological polar surface area (TPSA) is 74.1 Å². The lowest BCUT2D eigenvalue weighted by atomic mass is 10.2. The molecule has 2 heterocycles. The Labute approximate surface area is 143 Å². The minimum atomic E-state index is -4.63. The molecule has 10 heteroatoms. The zero-order valence-corrected chi connectivity index (χ0v) is 14.7. The van der Waals surface area contributed by atoms with Crippen LogP contribution in [0.3, 0.4) is 0 Å². The first-order valence-electron chi connectivity index (χ1n) is 7.56. The van der Waals surface area contributed by atoms with E-state index in [0.717, 1.165) is 23.2 Å². The summed E-state index contributed by atoms with van der Waals surface area (Å²) in [6, 6.07) is 3.35. The molecule has 0 aliphatic rings. The van der Waals surface area contributed by atoms with Crippen molar-refractivity contribution < 1.29 is 26.3 Å². The van der Waals surface area contributed by atoms with Crippen molar-refractivity contribution in [2.75, 3.05) is 6.26 Å². The van der Waals surface area contributed by atoms with Gasteiger partial charge in [0.2, 0.25) is 5.88 Å². The summed E-state index contributed by atoms with van der Waals surface area (Å²) in [6.45, 7) is 3.72. The van der Waals surface area contributed by atoms with Crippen LogP contribution < -0.4 is 4.74 Å². The molecule has 0 N–H and O–H groups in total. The standard InChI is InChI=1S/C15H18F3N3O3S/c1-4-10(5-2)24-14-8-12(15(16,17)18)20-21(14)13-7-6-11(9-19-13)25(3,22)23/h6-10H,4-5H2,1-3H3. The van der Waals surface area contributed by atoms with Crippen molar-refractivity contribution in [3.8, 4) is 11.7 Å². The van der Waals surface area contributed by atoms with Crippen molar-refractivity contribution in [1.82, 2.24) is 14.8 Å². The monoisotopic (exact) mass is 377 g/mol. The maximum Gasteiger partial charge on any atom is 0.435 e. The Bertz CT molecular complexity index is 826. The predicted molar refractivity (Wildman–Crippen MR) is 84.5 cm³/mol. The number of ether oxygens (including phenoxy) is 1. The molecule has 0 atom stereocenters. The lowest BCUT2D eigenvalue weighted by molar-refractivity contribution is -0.141. The third-order valence-electron chi connectivity index (χ3n) is 3.53. The van der Waals surface area contributed by atoms with Gasteiger partial charge in [-0.3, -0.25) is 0 Å². The molecule has 0 unspecified atom stereocenters. The van der Waals surface area contributed by atoms with E-state index in [-0.39, 0.29) is 22.7 Å². The second kappa shape index (κ2) is 7.03. The summed E-state index contributed by atoms with van der Waals surface area (Å²) in [5.41, 5.74) is -1.11. The molecule has 25 heavy (non-hydrogen) atoms. The van der Waals surface area contributed by atoms with E-state index in [1.807, 2.05) is 13.8 Å². The van der Waals surface area contributed by atoms with Crippen LogP contribution in [0.5, 0.6) is 5.88 Å². The summed E-state index contributed by atoms with van der Waals surface area (Å²) in [5.74, 6) is -0.0653. The summed E-state index contributed by atoms with van der Waals surface area (Å²) < 4.78 is 68.4. The highest BCUT2D eigenvalue weighted by Crippen LogP contribution is 2.32. The molecular weight excluding hydrogens is 359 g/mol. The number of sulfone groups is 1. The summed E-state index contributed by atoms with van der Waals surface area (Å²) in [7, 11) is -3.46. The van der Waals surface area contributed by atoms with Crippen LogP contribution in [0.4, 0.5) is 13.2 Å². The molecule has 0 amide bonds. The van der Waals surface area contributed by atoms with Crippen LogP contribution in [0.15, 0.2) is 29.3 Å². The minimum Gasteiger partial charge on any atom is -0.474 e.